The lowest BCUT2D eigenvalue weighted by atomic mass is 10.1. The predicted molar refractivity (Wildman–Crippen MR) is 113 cm³/mol. The number of para-hydroxylation sites is 1. The van der Waals surface area contributed by atoms with Crippen molar-refractivity contribution in [3.05, 3.63) is 54.1 Å². The monoisotopic (exact) mass is 396 g/mol. The molecular weight excluding hydrogens is 368 g/mol. The maximum Gasteiger partial charge on any atom is 0.259 e. The van der Waals surface area contributed by atoms with Crippen LogP contribution in [0.25, 0.3) is 0 Å². The number of carbonyl (C=O) groups excluding carboxylic acids is 2. The van der Waals surface area contributed by atoms with E-state index in [1.54, 1.807) is 42.5 Å². The van der Waals surface area contributed by atoms with Crippen molar-refractivity contribution < 1.29 is 19.1 Å². The van der Waals surface area contributed by atoms with E-state index in [1.807, 2.05) is 19.9 Å². The summed E-state index contributed by atoms with van der Waals surface area (Å²) < 4.78 is 11.4. The zero-order chi connectivity index (χ0) is 20.6. The summed E-state index contributed by atoms with van der Waals surface area (Å²) in [5, 5.41) is 5.73. The molecule has 1 saturated heterocycles. The van der Waals surface area contributed by atoms with Crippen LogP contribution in [-0.4, -0.2) is 31.1 Å². The minimum absolute atomic E-state index is 0.0193. The minimum atomic E-state index is -0.246. The van der Waals surface area contributed by atoms with Gasteiger partial charge in [0.1, 0.15) is 12.4 Å². The van der Waals surface area contributed by atoms with Gasteiger partial charge in [-0.2, -0.15) is 0 Å². The summed E-state index contributed by atoms with van der Waals surface area (Å²) >= 11 is 0. The number of rotatable bonds is 8. The Labute approximate surface area is 171 Å². The molecule has 6 heteroatoms. The number of carbonyl (C=O) groups is 2. The van der Waals surface area contributed by atoms with Crippen LogP contribution in [0, 0.1) is 5.92 Å². The molecule has 1 atom stereocenters. The molecule has 0 bridgehead atoms. The van der Waals surface area contributed by atoms with Crippen LogP contribution in [0.3, 0.4) is 0 Å². The van der Waals surface area contributed by atoms with Crippen molar-refractivity contribution in [1.82, 2.24) is 0 Å². The highest BCUT2D eigenvalue weighted by molar-refractivity contribution is 6.06. The molecule has 6 nitrogen and oxygen atoms in total. The molecule has 2 amide bonds. The number of anilines is 2. The first kappa shape index (κ1) is 20.9. The quantitative estimate of drug-likeness (QED) is 0.690. The fourth-order valence-corrected chi connectivity index (χ4v) is 3.16. The van der Waals surface area contributed by atoms with Crippen molar-refractivity contribution in [3.8, 4) is 5.75 Å². The van der Waals surface area contributed by atoms with E-state index < -0.39 is 0 Å². The molecule has 1 fully saturated rings. The maximum atomic E-state index is 12.7. The zero-order valence-corrected chi connectivity index (χ0v) is 16.9. The molecule has 1 aliphatic rings. The Morgan fingerprint density at radius 1 is 1.07 bits per heavy atom. The van der Waals surface area contributed by atoms with Gasteiger partial charge in [-0.15, -0.1) is 0 Å². The number of benzene rings is 2. The van der Waals surface area contributed by atoms with E-state index in [9.17, 15) is 9.59 Å². The lowest BCUT2D eigenvalue weighted by Gasteiger charge is -2.14. The van der Waals surface area contributed by atoms with E-state index in [-0.39, 0.29) is 17.9 Å². The van der Waals surface area contributed by atoms with Crippen molar-refractivity contribution in [3.63, 3.8) is 0 Å². The van der Waals surface area contributed by atoms with Crippen molar-refractivity contribution in [1.29, 1.82) is 0 Å². The fourth-order valence-electron chi connectivity index (χ4n) is 3.16. The van der Waals surface area contributed by atoms with Gasteiger partial charge in [0.2, 0.25) is 5.91 Å². The molecule has 0 spiro atoms. The van der Waals surface area contributed by atoms with Gasteiger partial charge in [-0.25, -0.2) is 0 Å². The van der Waals surface area contributed by atoms with Gasteiger partial charge < -0.3 is 20.1 Å². The summed E-state index contributed by atoms with van der Waals surface area (Å²) in [6, 6.07) is 14.2. The Balaban J connectivity index is 1.59. The van der Waals surface area contributed by atoms with Gasteiger partial charge in [-0.1, -0.05) is 26.0 Å². The largest absolute Gasteiger partial charge is 0.490 e. The van der Waals surface area contributed by atoms with E-state index in [4.69, 9.17) is 9.47 Å². The van der Waals surface area contributed by atoms with Crippen LogP contribution in [0.1, 0.15) is 43.5 Å². The number of nitrogens with one attached hydrogen (secondary N) is 2. The second-order valence-corrected chi connectivity index (χ2v) is 7.62. The Kier molecular flexibility index (Phi) is 7.25. The molecular formula is C23H28N2O4. The Bertz CT molecular complexity index is 827. The fraction of sp³-hybridized carbons (Fsp3) is 0.391. The summed E-state index contributed by atoms with van der Waals surface area (Å²) in [5.74, 6) is 0.577. The molecule has 0 radical (unpaired) electrons. The first-order valence-corrected chi connectivity index (χ1v) is 10.1. The standard InChI is InChI=1S/C23H28N2O4/c1-16(2)14-22(26)24-17-9-11-18(12-10-17)25-23(27)20-7-3-4-8-21(20)29-15-19-6-5-13-28-19/h3-4,7-12,16,19H,5-6,13-15H2,1-2H3,(H,24,26)(H,25,27). The predicted octanol–water partition coefficient (Wildman–Crippen LogP) is 4.48. The summed E-state index contributed by atoms with van der Waals surface area (Å²) in [5.41, 5.74) is 1.82. The average Bonchev–Trinajstić information content (AvgIpc) is 3.21. The van der Waals surface area contributed by atoms with Crippen LogP contribution in [0.15, 0.2) is 48.5 Å². The highest BCUT2D eigenvalue weighted by Crippen LogP contribution is 2.22. The molecule has 2 aromatic carbocycles. The third-order valence-corrected chi connectivity index (χ3v) is 4.60. The molecule has 2 aromatic rings. The first-order chi connectivity index (χ1) is 14.0. The molecule has 1 aliphatic heterocycles. The second kappa shape index (κ2) is 10.1. The van der Waals surface area contributed by atoms with Gasteiger partial charge in [-0.05, 0) is 55.2 Å². The van der Waals surface area contributed by atoms with Crippen LogP contribution in [-0.2, 0) is 9.53 Å². The van der Waals surface area contributed by atoms with E-state index in [1.165, 1.54) is 0 Å². The smallest absolute Gasteiger partial charge is 0.259 e. The van der Waals surface area contributed by atoms with E-state index >= 15 is 0 Å². The Morgan fingerprint density at radius 2 is 1.76 bits per heavy atom. The van der Waals surface area contributed by atoms with Crippen LogP contribution >= 0.6 is 0 Å². The van der Waals surface area contributed by atoms with Crippen molar-refractivity contribution >= 4 is 23.2 Å². The molecule has 0 saturated carbocycles. The molecule has 1 heterocycles. The lowest BCUT2D eigenvalue weighted by molar-refractivity contribution is -0.116. The summed E-state index contributed by atoms with van der Waals surface area (Å²) in [6.45, 7) is 5.21. The van der Waals surface area contributed by atoms with Crippen molar-refractivity contribution in [2.75, 3.05) is 23.8 Å². The summed E-state index contributed by atoms with van der Waals surface area (Å²) in [6.07, 6.45) is 2.59. The molecule has 29 heavy (non-hydrogen) atoms. The van der Waals surface area contributed by atoms with Crippen LogP contribution < -0.4 is 15.4 Å². The van der Waals surface area contributed by atoms with Gasteiger partial charge in [0.05, 0.1) is 11.7 Å². The van der Waals surface area contributed by atoms with E-state index in [2.05, 4.69) is 10.6 Å². The molecule has 3 rings (SSSR count). The normalized spacial score (nSPS) is 15.9. The van der Waals surface area contributed by atoms with Crippen LogP contribution in [0.4, 0.5) is 11.4 Å². The number of hydrogen-bond acceptors (Lipinski definition) is 4. The van der Waals surface area contributed by atoms with E-state index in [0.29, 0.717) is 41.6 Å². The maximum absolute atomic E-state index is 12.7. The molecule has 0 aromatic heterocycles. The SMILES string of the molecule is CC(C)CC(=O)Nc1ccc(NC(=O)c2ccccc2OCC2CCCO2)cc1. The average molecular weight is 396 g/mol. The number of hydrogen-bond donors (Lipinski definition) is 2. The highest BCUT2D eigenvalue weighted by Gasteiger charge is 2.18. The highest BCUT2D eigenvalue weighted by atomic mass is 16.5. The summed E-state index contributed by atoms with van der Waals surface area (Å²) in [4.78, 5) is 24.6. The number of amides is 2. The first-order valence-electron chi connectivity index (χ1n) is 10.1. The molecule has 2 N–H and O–H groups in total. The molecule has 0 aliphatic carbocycles. The summed E-state index contributed by atoms with van der Waals surface area (Å²) in [7, 11) is 0. The van der Waals surface area contributed by atoms with Gasteiger partial charge in [-0.3, -0.25) is 9.59 Å². The topological polar surface area (TPSA) is 76.7 Å². The van der Waals surface area contributed by atoms with Gasteiger partial charge in [0.25, 0.3) is 5.91 Å². The lowest BCUT2D eigenvalue weighted by Crippen LogP contribution is -2.19. The van der Waals surface area contributed by atoms with Crippen molar-refractivity contribution in [2.24, 2.45) is 5.92 Å². The van der Waals surface area contributed by atoms with Gasteiger partial charge in [0.15, 0.2) is 0 Å². The Morgan fingerprint density at radius 3 is 2.41 bits per heavy atom. The minimum Gasteiger partial charge on any atom is -0.490 e. The molecule has 1 unspecified atom stereocenters. The third kappa shape index (κ3) is 6.32. The van der Waals surface area contributed by atoms with Gasteiger partial charge in [0, 0.05) is 24.4 Å². The van der Waals surface area contributed by atoms with Crippen LogP contribution in [0.2, 0.25) is 0 Å². The molecule has 154 valence electrons. The van der Waals surface area contributed by atoms with Crippen molar-refractivity contribution in [2.45, 2.75) is 39.2 Å². The second-order valence-electron chi connectivity index (χ2n) is 7.62. The van der Waals surface area contributed by atoms with Crippen LogP contribution in [0.5, 0.6) is 5.75 Å². The Hall–Kier alpha value is -2.86. The number of ether oxygens (including phenoxy) is 2. The van der Waals surface area contributed by atoms with E-state index in [0.717, 1.165) is 19.4 Å². The van der Waals surface area contributed by atoms with Gasteiger partial charge >= 0.3 is 0 Å². The third-order valence-electron chi connectivity index (χ3n) is 4.60. The zero-order valence-electron chi connectivity index (χ0n) is 16.9.